The molecule has 0 bridgehead atoms. The number of nitrogens with zero attached hydrogens (tertiary/aromatic N) is 1. The van der Waals surface area contributed by atoms with Crippen LogP contribution in [0.1, 0.15) is 46.0 Å². The van der Waals surface area contributed by atoms with Crippen LogP contribution in [0.4, 0.5) is 0 Å². The molecule has 8 heteroatoms. The highest BCUT2D eigenvalue weighted by Gasteiger charge is 2.31. The molecule has 0 N–H and O–H groups in total. The first-order chi connectivity index (χ1) is 16.3. The Morgan fingerprint density at radius 2 is 1.59 bits per heavy atom. The van der Waals surface area contributed by atoms with Crippen molar-refractivity contribution >= 4 is 33.4 Å². The van der Waals surface area contributed by atoms with Crippen LogP contribution in [0.5, 0.6) is 5.75 Å². The summed E-state index contributed by atoms with van der Waals surface area (Å²) >= 11 is 6.21. The van der Waals surface area contributed by atoms with Crippen LogP contribution < -0.4 is 4.74 Å². The summed E-state index contributed by atoms with van der Waals surface area (Å²) in [5.41, 5.74) is 1.09. The van der Waals surface area contributed by atoms with Crippen LogP contribution in [0.2, 0.25) is 5.02 Å². The fraction of sp³-hybridized carbons (Fsp3) is 0.231. The first-order valence-electron chi connectivity index (χ1n) is 11.0. The number of piperidine rings is 1. The maximum Gasteiger partial charge on any atom is 0.343 e. The summed E-state index contributed by atoms with van der Waals surface area (Å²) in [5, 5.41) is 0.0542. The number of carbonyl (C=O) groups is 2. The smallest absolute Gasteiger partial charge is 0.343 e. The number of hydrogen-bond acceptors (Lipinski definition) is 5. The number of benzene rings is 3. The summed E-state index contributed by atoms with van der Waals surface area (Å²) in [6.07, 6.45) is 1.75. The molecule has 1 fully saturated rings. The SMILES string of the molecule is C[C@@H]1CCCN(S(=O)(=O)c2cc(C(=O)Oc3ccc(C(=O)c4ccccc4)cc3)ccc2Cl)C1. The zero-order valence-corrected chi connectivity index (χ0v) is 20.2. The third-order valence-electron chi connectivity index (χ3n) is 5.77. The predicted molar refractivity (Wildman–Crippen MR) is 130 cm³/mol. The molecule has 0 amide bonds. The summed E-state index contributed by atoms with van der Waals surface area (Å²) in [4.78, 5) is 25.2. The van der Waals surface area contributed by atoms with E-state index in [1.54, 1.807) is 36.4 Å². The van der Waals surface area contributed by atoms with Gasteiger partial charge in [0.2, 0.25) is 10.0 Å². The highest BCUT2D eigenvalue weighted by Crippen LogP contribution is 2.29. The maximum atomic E-state index is 13.2. The van der Waals surface area contributed by atoms with Crippen LogP contribution in [0.3, 0.4) is 0 Å². The van der Waals surface area contributed by atoms with E-state index >= 15 is 0 Å². The molecule has 176 valence electrons. The van der Waals surface area contributed by atoms with E-state index in [2.05, 4.69) is 0 Å². The van der Waals surface area contributed by atoms with Gasteiger partial charge in [-0.05, 0) is 61.2 Å². The van der Waals surface area contributed by atoms with E-state index in [1.165, 1.54) is 34.6 Å². The van der Waals surface area contributed by atoms with Crippen molar-refractivity contribution in [3.8, 4) is 5.75 Å². The summed E-state index contributed by atoms with van der Waals surface area (Å²) < 4.78 is 33.2. The molecule has 0 radical (unpaired) electrons. The van der Waals surface area contributed by atoms with Gasteiger partial charge in [-0.15, -0.1) is 0 Å². The third kappa shape index (κ3) is 5.22. The Kier molecular flexibility index (Phi) is 7.16. The van der Waals surface area contributed by atoms with E-state index in [-0.39, 0.29) is 32.9 Å². The lowest BCUT2D eigenvalue weighted by Crippen LogP contribution is -2.39. The van der Waals surface area contributed by atoms with Crippen LogP contribution in [0.25, 0.3) is 0 Å². The van der Waals surface area contributed by atoms with Gasteiger partial charge < -0.3 is 4.74 Å². The average Bonchev–Trinajstić information content (AvgIpc) is 2.84. The second-order valence-electron chi connectivity index (χ2n) is 8.36. The van der Waals surface area contributed by atoms with Crippen LogP contribution in [-0.4, -0.2) is 37.6 Å². The van der Waals surface area contributed by atoms with Crippen molar-refractivity contribution in [1.29, 1.82) is 0 Å². The molecule has 1 heterocycles. The van der Waals surface area contributed by atoms with Crippen molar-refractivity contribution in [2.24, 2.45) is 5.92 Å². The lowest BCUT2D eigenvalue weighted by Gasteiger charge is -2.30. The van der Waals surface area contributed by atoms with E-state index in [0.29, 0.717) is 24.2 Å². The molecule has 1 saturated heterocycles. The van der Waals surface area contributed by atoms with E-state index in [9.17, 15) is 18.0 Å². The molecule has 1 aliphatic heterocycles. The van der Waals surface area contributed by atoms with Gasteiger partial charge in [0.25, 0.3) is 0 Å². The van der Waals surface area contributed by atoms with E-state index in [4.69, 9.17) is 16.3 Å². The molecule has 0 saturated carbocycles. The predicted octanol–water partition coefficient (Wildman–Crippen LogP) is 5.21. The minimum atomic E-state index is -3.84. The highest BCUT2D eigenvalue weighted by molar-refractivity contribution is 7.89. The van der Waals surface area contributed by atoms with Crippen molar-refractivity contribution in [1.82, 2.24) is 4.31 Å². The fourth-order valence-electron chi connectivity index (χ4n) is 3.93. The van der Waals surface area contributed by atoms with Gasteiger partial charge in [-0.2, -0.15) is 4.31 Å². The zero-order chi connectivity index (χ0) is 24.3. The number of hydrogen-bond donors (Lipinski definition) is 0. The molecule has 3 aromatic carbocycles. The third-order valence-corrected chi connectivity index (χ3v) is 8.11. The monoisotopic (exact) mass is 497 g/mol. The van der Waals surface area contributed by atoms with Gasteiger partial charge in [0.05, 0.1) is 10.6 Å². The molecule has 0 spiro atoms. The standard InChI is InChI=1S/C26H24ClNO5S/c1-18-6-5-15-28(17-18)34(31,32)24-16-21(11-14-23(24)27)26(30)33-22-12-9-20(10-13-22)25(29)19-7-3-2-4-8-19/h2-4,7-14,16,18H,5-6,15,17H2,1H3/t18-/m1/s1. The molecule has 1 aliphatic rings. The number of esters is 1. The van der Waals surface area contributed by atoms with Gasteiger partial charge in [0.15, 0.2) is 5.78 Å². The van der Waals surface area contributed by atoms with Gasteiger partial charge in [-0.1, -0.05) is 48.9 Å². The first kappa shape index (κ1) is 24.1. The Balaban J connectivity index is 1.51. The van der Waals surface area contributed by atoms with Gasteiger partial charge in [-0.3, -0.25) is 4.79 Å². The summed E-state index contributed by atoms with van der Waals surface area (Å²) in [5.74, 6) is -0.369. The summed E-state index contributed by atoms with van der Waals surface area (Å²) in [6.45, 7) is 2.85. The Labute approximate surface area is 204 Å². The van der Waals surface area contributed by atoms with Crippen molar-refractivity contribution in [3.63, 3.8) is 0 Å². The summed E-state index contributed by atoms with van der Waals surface area (Å²) in [6, 6.07) is 19.1. The topological polar surface area (TPSA) is 80.8 Å². The molecule has 34 heavy (non-hydrogen) atoms. The zero-order valence-electron chi connectivity index (χ0n) is 18.6. The molecule has 1 atom stereocenters. The highest BCUT2D eigenvalue weighted by atomic mass is 35.5. The first-order valence-corrected chi connectivity index (χ1v) is 12.8. The fourth-order valence-corrected chi connectivity index (χ4v) is 6.03. The van der Waals surface area contributed by atoms with Crippen molar-refractivity contribution in [2.45, 2.75) is 24.7 Å². The Morgan fingerprint density at radius 1 is 0.941 bits per heavy atom. The Hall–Kier alpha value is -3.00. The van der Waals surface area contributed by atoms with Crippen molar-refractivity contribution < 1.29 is 22.7 Å². The van der Waals surface area contributed by atoms with Gasteiger partial charge in [-0.25, -0.2) is 13.2 Å². The molecule has 6 nitrogen and oxygen atoms in total. The van der Waals surface area contributed by atoms with Gasteiger partial charge in [0.1, 0.15) is 10.6 Å². The van der Waals surface area contributed by atoms with Crippen molar-refractivity contribution in [3.05, 3.63) is 94.5 Å². The lowest BCUT2D eigenvalue weighted by atomic mass is 10.0. The maximum absolute atomic E-state index is 13.2. The average molecular weight is 498 g/mol. The minimum absolute atomic E-state index is 0.0542. The van der Waals surface area contributed by atoms with Gasteiger partial charge in [0, 0.05) is 24.2 Å². The van der Waals surface area contributed by atoms with Crippen LogP contribution in [0.15, 0.2) is 77.7 Å². The Morgan fingerprint density at radius 3 is 2.26 bits per heavy atom. The van der Waals surface area contributed by atoms with E-state index < -0.39 is 16.0 Å². The number of sulfonamides is 1. The molecule has 4 rings (SSSR count). The molecule has 0 aliphatic carbocycles. The second-order valence-corrected chi connectivity index (χ2v) is 10.7. The van der Waals surface area contributed by atoms with E-state index in [0.717, 1.165) is 12.8 Å². The van der Waals surface area contributed by atoms with E-state index in [1.807, 2.05) is 13.0 Å². The largest absolute Gasteiger partial charge is 0.423 e. The number of ketones is 1. The number of halogens is 1. The Bertz CT molecular complexity index is 1310. The molecular weight excluding hydrogens is 474 g/mol. The molecular formula is C26H24ClNO5S. The summed E-state index contributed by atoms with van der Waals surface area (Å²) in [7, 11) is -3.84. The van der Waals surface area contributed by atoms with Crippen LogP contribution in [-0.2, 0) is 10.0 Å². The van der Waals surface area contributed by atoms with Crippen LogP contribution >= 0.6 is 11.6 Å². The number of ether oxygens (including phenoxy) is 1. The molecule has 0 unspecified atom stereocenters. The van der Waals surface area contributed by atoms with Gasteiger partial charge >= 0.3 is 5.97 Å². The number of carbonyl (C=O) groups excluding carboxylic acids is 2. The normalized spacial score (nSPS) is 16.7. The van der Waals surface area contributed by atoms with Crippen LogP contribution in [0, 0.1) is 5.92 Å². The van der Waals surface area contributed by atoms with Crippen molar-refractivity contribution in [2.75, 3.05) is 13.1 Å². The quantitative estimate of drug-likeness (QED) is 0.265. The number of rotatable bonds is 6. The molecule has 0 aromatic heterocycles. The molecule has 3 aromatic rings. The second kappa shape index (κ2) is 10.1. The minimum Gasteiger partial charge on any atom is -0.423 e. The lowest BCUT2D eigenvalue weighted by molar-refractivity contribution is 0.0734.